The van der Waals surface area contributed by atoms with E-state index in [4.69, 9.17) is 4.42 Å². The van der Waals surface area contributed by atoms with Crippen molar-refractivity contribution in [1.29, 1.82) is 0 Å². The summed E-state index contributed by atoms with van der Waals surface area (Å²) >= 11 is 0. The Balaban J connectivity index is 2.99. The Morgan fingerprint density at radius 2 is 1.96 bits per heavy atom. The van der Waals surface area contributed by atoms with Gasteiger partial charge in [-0.2, -0.15) is 0 Å². The van der Waals surface area contributed by atoms with Crippen LogP contribution in [0.2, 0.25) is 0 Å². The van der Waals surface area contributed by atoms with Crippen molar-refractivity contribution in [3.63, 3.8) is 0 Å². The molecule has 0 saturated carbocycles. The van der Waals surface area contributed by atoms with Gasteiger partial charge >= 0.3 is 5.97 Å². The topological polar surface area (TPSA) is 99.9 Å². The van der Waals surface area contributed by atoms with E-state index in [0.29, 0.717) is 6.42 Å². The molecule has 1 rings (SSSR count). The zero-order chi connectivity index (χ0) is 17.6. The van der Waals surface area contributed by atoms with Crippen LogP contribution in [0.1, 0.15) is 49.6 Å². The third-order valence-electron chi connectivity index (χ3n) is 3.62. The highest BCUT2D eigenvalue weighted by atomic mass is 16.4. The van der Waals surface area contributed by atoms with Gasteiger partial charge in [0.05, 0.1) is 0 Å². The fraction of sp³-hybridized carbons (Fsp3) is 0.562. The first kappa shape index (κ1) is 18.7. The van der Waals surface area contributed by atoms with Crippen LogP contribution in [0.15, 0.2) is 10.5 Å². The second-order valence-corrected chi connectivity index (χ2v) is 5.26. The number of nitrogens with one attached hydrogen (secondary N) is 1. The lowest BCUT2D eigenvalue weighted by atomic mass is 10.1. The summed E-state index contributed by atoms with van der Waals surface area (Å²) < 4.78 is 5.58. The smallest absolute Gasteiger partial charge is 0.326 e. The van der Waals surface area contributed by atoms with E-state index in [0.717, 1.165) is 17.7 Å². The van der Waals surface area contributed by atoms with Crippen LogP contribution in [0, 0.1) is 0 Å². The number of nitrogens with zero attached hydrogens (tertiary/aromatic N) is 1. The average molecular weight is 324 g/mol. The molecular formula is C16H24N2O5. The van der Waals surface area contributed by atoms with Gasteiger partial charge in [-0.1, -0.05) is 13.8 Å². The lowest BCUT2D eigenvalue weighted by molar-refractivity contribution is -0.141. The van der Waals surface area contributed by atoms with Gasteiger partial charge in [0, 0.05) is 26.4 Å². The van der Waals surface area contributed by atoms with Crippen LogP contribution < -0.4 is 5.32 Å². The predicted octanol–water partition coefficient (Wildman–Crippen LogP) is 1.46. The molecule has 0 aliphatic rings. The molecule has 1 heterocycles. The maximum atomic E-state index is 12.6. The molecule has 7 heteroatoms. The largest absolute Gasteiger partial charge is 0.480 e. The number of aliphatic carboxylic acids is 1. The second-order valence-electron chi connectivity index (χ2n) is 5.26. The molecule has 0 fully saturated rings. The highest BCUT2D eigenvalue weighted by Gasteiger charge is 2.28. The number of carboxylic acids is 1. The van der Waals surface area contributed by atoms with E-state index < -0.39 is 17.9 Å². The number of aryl methyl sites for hydroxylation is 2. The Bertz CT molecular complexity index is 558. The van der Waals surface area contributed by atoms with E-state index >= 15 is 0 Å². The van der Waals surface area contributed by atoms with Gasteiger partial charge in [0.1, 0.15) is 11.8 Å². The van der Waals surface area contributed by atoms with E-state index in [2.05, 4.69) is 5.32 Å². The molecule has 2 amide bonds. The normalized spacial score (nSPS) is 11.8. The molecule has 0 aromatic carbocycles. The summed E-state index contributed by atoms with van der Waals surface area (Å²) in [7, 11) is 0. The number of carboxylic acid groups (broad SMARTS) is 1. The van der Waals surface area contributed by atoms with Crippen molar-refractivity contribution in [2.75, 3.05) is 13.1 Å². The van der Waals surface area contributed by atoms with Crippen LogP contribution in [-0.2, 0) is 22.4 Å². The summed E-state index contributed by atoms with van der Waals surface area (Å²) in [6, 6.07) is 0.651. The molecular weight excluding hydrogens is 300 g/mol. The van der Waals surface area contributed by atoms with Crippen molar-refractivity contribution < 1.29 is 23.9 Å². The minimum atomic E-state index is -1.11. The number of rotatable bonds is 8. The molecule has 1 unspecified atom stereocenters. The van der Waals surface area contributed by atoms with Gasteiger partial charge in [-0.15, -0.1) is 0 Å². The summed E-state index contributed by atoms with van der Waals surface area (Å²) in [6.45, 7) is 6.96. The van der Waals surface area contributed by atoms with E-state index in [1.807, 2.05) is 13.8 Å². The summed E-state index contributed by atoms with van der Waals surface area (Å²) in [6.07, 6.45) is 1.40. The van der Waals surface area contributed by atoms with E-state index in [-0.39, 0.29) is 24.8 Å². The van der Waals surface area contributed by atoms with Crippen molar-refractivity contribution in [1.82, 2.24) is 10.2 Å². The van der Waals surface area contributed by atoms with E-state index in [1.165, 1.54) is 18.7 Å². The van der Waals surface area contributed by atoms with Crippen molar-refractivity contribution in [2.24, 2.45) is 0 Å². The van der Waals surface area contributed by atoms with Crippen molar-refractivity contribution >= 4 is 17.8 Å². The van der Waals surface area contributed by atoms with Crippen molar-refractivity contribution in [3.05, 3.63) is 23.2 Å². The Hall–Kier alpha value is -2.31. The predicted molar refractivity (Wildman–Crippen MR) is 84.3 cm³/mol. The Kier molecular flexibility index (Phi) is 6.81. The number of furan rings is 1. The van der Waals surface area contributed by atoms with Crippen LogP contribution >= 0.6 is 0 Å². The minimum Gasteiger partial charge on any atom is -0.480 e. The zero-order valence-corrected chi connectivity index (χ0v) is 14.0. The van der Waals surface area contributed by atoms with Gasteiger partial charge in [0.25, 0.3) is 5.91 Å². The fourth-order valence-electron chi connectivity index (χ4n) is 2.27. The molecule has 1 atom stereocenters. The van der Waals surface area contributed by atoms with Crippen LogP contribution in [0.3, 0.4) is 0 Å². The summed E-state index contributed by atoms with van der Waals surface area (Å²) in [4.78, 5) is 36.0. The molecule has 128 valence electrons. The van der Waals surface area contributed by atoms with Gasteiger partial charge < -0.3 is 19.7 Å². The average Bonchev–Trinajstić information content (AvgIpc) is 2.93. The molecule has 1 aromatic rings. The Morgan fingerprint density at radius 1 is 1.30 bits per heavy atom. The van der Waals surface area contributed by atoms with Gasteiger partial charge in [-0.25, -0.2) is 4.79 Å². The molecule has 0 bridgehead atoms. The van der Waals surface area contributed by atoms with Gasteiger partial charge in [0.2, 0.25) is 5.91 Å². The third kappa shape index (κ3) is 4.84. The maximum absolute atomic E-state index is 12.6. The monoisotopic (exact) mass is 324 g/mol. The maximum Gasteiger partial charge on any atom is 0.326 e. The number of hydrogen-bond acceptors (Lipinski definition) is 4. The molecule has 0 spiro atoms. The standard InChI is InChI=1S/C16H24N2O5/c1-5-12-9-14(23-13(12)6-2)15(20)18(10(3)16(21)22)8-7-17-11(4)19/h9-10H,5-8H2,1-4H3,(H,17,19)(H,21,22). The molecule has 7 nitrogen and oxygen atoms in total. The molecule has 0 radical (unpaired) electrons. The second kappa shape index (κ2) is 8.36. The van der Waals surface area contributed by atoms with Crippen LogP contribution in [0.4, 0.5) is 0 Å². The summed E-state index contributed by atoms with van der Waals surface area (Å²) in [5.74, 6) is -0.964. The highest BCUT2D eigenvalue weighted by Crippen LogP contribution is 2.19. The van der Waals surface area contributed by atoms with Gasteiger partial charge in [-0.05, 0) is 25.0 Å². The lowest BCUT2D eigenvalue weighted by Crippen LogP contribution is -2.46. The van der Waals surface area contributed by atoms with Crippen molar-refractivity contribution in [2.45, 2.75) is 46.6 Å². The Labute approximate surface area is 135 Å². The van der Waals surface area contributed by atoms with E-state index in [9.17, 15) is 19.5 Å². The Morgan fingerprint density at radius 3 is 2.39 bits per heavy atom. The summed E-state index contributed by atoms with van der Waals surface area (Å²) in [5.41, 5.74) is 0.945. The molecule has 0 saturated heterocycles. The first-order valence-electron chi connectivity index (χ1n) is 7.71. The third-order valence-corrected chi connectivity index (χ3v) is 3.62. The molecule has 2 N–H and O–H groups in total. The van der Waals surface area contributed by atoms with Gasteiger partial charge in [-0.3, -0.25) is 9.59 Å². The molecule has 1 aromatic heterocycles. The minimum absolute atomic E-state index is 0.0928. The number of carbonyl (C=O) groups is 3. The number of hydrogen-bond donors (Lipinski definition) is 2. The van der Waals surface area contributed by atoms with E-state index in [1.54, 1.807) is 6.07 Å². The lowest BCUT2D eigenvalue weighted by Gasteiger charge is -2.25. The van der Waals surface area contributed by atoms with Crippen LogP contribution in [-0.4, -0.2) is 46.9 Å². The number of amides is 2. The molecule has 0 aliphatic carbocycles. The van der Waals surface area contributed by atoms with Gasteiger partial charge in [0.15, 0.2) is 5.76 Å². The van der Waals surface area contributed by atoms with Crippen molar-refractivity contribution in [3.8, 4) is 0 Å². The quantitative estimate of drug-likeness (QED) is 0.754. The summed E-state index contributed by atoms with van der Waals surface area (Å²) in [5, 5.41) is 11.8. The first-order chi connectivity index (χ1) is 10.8. The first-order valence-corrected chi connectivity index (χ1v) is 7.71. The highest BCUT2D eigenvalue weighted by molar-refractivity contribution is 5.94. The fourth-order valence-corrected chi connectivity index (χ4v) is 2.27. The number of carbonyl (C=O) groups excluding carboxylic acids is 2. The SMILES string of the molecule is CCc1cc(C(=O)N(CCNC(C)=O)C(C)C(=O)O)oc1CC. The zero-order valence-electron chi connectivity index (χ0n) is 14.0. The van der Waals surface area contributed by atoms with Crippen LogP contribution in [0.5, 0.6) is 0 Å². The molecule has 0 aliphatic heterocycles. The van der Waals surface area contributed by atoms with Crippen LogP contribution in [0.25, 0.3) is 0 Å². The molecule has 23 heavy (non-hydrogen) atoms.